The highest BCUT2D eigenvalue weighted by Gasteiger charge is 2.14. The van der Waals surface area contributed by atoms with Crippen molar-refractivity contribution >= 4 is 17.3 Å². The maximum Gasteiger partial charge on any atom is 0.257 e. The summed E-state index contributed by atoms with van der Waals surface area (Å²) in [6.45, 7) is 2.85. The molecule has 6 heteroatoms. The van der Waals surface area contributed by atoms with E-state index in [-0.39, 0.29) is 5.56 Å². The van der Waals surface area contributed by atoms with E-state index in [2.05, 4.69) is 22.5 Å². The largest absolute Gasteiger partial charge is 0.384 e. The number of para-hydroxylation sites is 1. The van der Waals surface area contributed by atoms with Gasteiger partial charge in [0.1, 0.15) is 17.3 Å². The van der Waals surface area contributed by atoms with Gasteiger partial charge in [-0.25, -0.2) is 8.78 Å². The van der Waals surface area contributed by atoms with Gasteiger partial charge >= 0.3 is 0 Å². The van der Waals surface area contributed by atoms with Crippen LogP contribution < -0.4 is 10.6 Å². The van der Waals surface area contributed by atoms with E-state index < -0.39 is 23.2 Å². The third-order valence-corrected chi connectivity index (χ3v) is 3.06. The maximum absolute atomic E-state index is 13.5. The molecule has 1 amide bonds. The SMILES string of the molecule is CCCCNc1cncc(C(=O)Nc2c(F)cccc2F)c1. The van der Waals surface area contributed by atoms with Gasteiger partial charge in [-0.2, -0.15) is 0 Å². The molecule has 0 spiro atoms. The second-order valence-corrected chi connectivity index (χ2v) is 4.79. The smallest absolute Gasteiger partial charge is 0.257 e. The monoisotopic (exact) mass is 305 g/mol. The van der Waals surface area contributed by atoms with Gasteiger partial charge in [0, 0.05) is 18.9 Å². The van der Waals surface area contributed by atoms with Crippen LogP contribution in [0.4, 0.5) is 20.2 Å². The number of amides is 1. The van der Waals surface area contributed by atoms with Crippen LogP contribution in [0.25, 0.3) is 0 Å². The quantitative estimate of drug-likeness (QED) is 0.798. The number of nitrogens with one attached hydrogen (secondary N) is 2. The highest BCUT2D eigenvalue weighted by molar-refractivity contribution is 6.04. The Morgan fingerprint density at radius 2 is 1.95 bits per heavy atom. The van der Waals surface area contributed by atoms with Gasteiger partial charge in [0.05, 0.1) is 11.3 Å². The molecule has 0 aliphatic carbocycles. The van der Waals surface area contributed by atoms with Gasteiger partial charge < -0.3 is 10.6 Å². The maximum atomic E-state index is 13.5. The number of halogens is 2. The first-order valence-corrected chi connectivity index (χ1v) is 7.06. The third kappa shape index (κ3) is 4.00. The average molecular weight is 305 g/mol. The van der Waals surface area contributed by atoms with E-state index in [0.717, 1.165) is 31.5 Å². The summed E-state index contributed by atoms with van der Waals surface area (Å²) in [5, 5.41) is 5.37. The van der Waals surface area contributed by atoms with Crippen LogP contribution in [0.3, 0.4) is 0 Å². The van der Waals surface area contributed by atoms with Gasteiger partial charge in [-0.1, -0.05) is 19.4 Å². The highest BCUT2D eigenvalue weighted by atomic mass is 19.1. The molecule has 0 fully saturated rings. The van der Waals surface area contributed by atoms with Gasteiger partial charge in [-0.15, -0.1) is 0 Å². The van der Waals surface area contributed by atoms with Crippen molar-refractivity contribution in [3.63, 3.8) is 0 Å². The molecule has 22 heavy (non-hydrogen) atoms. The summed E-state index contributed by atoms with van der Waals surface area (Å²) in [6, 6.07) is 5.00. The molecule has 0 aliphatic heterocycles. The Labute approximate surface area is 127 Å². The molecular weight excluding hydrogens is 288 g/mol. The average Bonchev–Trinajstić information content (AvgIpc) is 2.51. The molecule has 0 bridgehead atoms. The Balaban J connectivity index is 2.11. The minimum absolute atomic E-state index is 0.226. The Morgan fingerprint density at radius 1 is 1.23 bits per heavy atom. The number of pyridine rings is 1. The van der Waals surface area contributed by atoms with Gasteiger partial charge in [-0.3, -0.25) is 9.78 Å². The lowest BCUT2D eigenvalue weighted by molar-refractivity contribution is 0.102. The summed E-state index contributed by atoms with van der Waals surface area (Å²) in [7, 11) is 0. The molecule has 1 aromatic carbocycles. The lowest BCUT2D eigenvalue weighted by Crippen LogP contribution is -2.15. The Bertz CT molecular complexity index is 641. The highest BCUT2D eigenvalue weighted by Crippen LogP contribution is 2.19. The molecule has 0 atom stereocenters. The molecule has 0 saturated carbocycles. The van der Waals surface area contributed by atoms with Crippen LogP contribution in [0.2, 0.25) is 0 Å². The number of anilines is 2. The zero-order valence-electron chi connectivity index (χ0n) is 12.2. The molecule has 1 aromatic heterocycles. The van der Waals surface area contributed by atoms with Crippen molar-refractivity contribution in [3.05, 3.63) is 53.9 Å². The normalized spacial score (nSPS) is 10.3. The van der Waals surface area contributed by atoms with Crippen LogP contribution in [0.15, 0.2) is 36.7 Å². The lowest BCUT2D eigenvalue weighted by Gasteiger charge is -2.09. The second-order valence-electron chi connectivity index (χ2n) is 4.79. The Kier molecular flexibility index (Phi) is 5.41. The Hall–Kier alpha value is -2.50. The van der Waals surface area contributed by atoms with Crippen molar-refractivity contribution in [2.24, 2.45) is 0 Å². The van der Waals surface area contributed by atoms with E-state index in [4.69, 9.17) is 0 Å². The van der Waals surface area contributed by atoms with Gasteiger partial charge in [-0.05, 0) is 24.6 Å². The molecule has 2 rings (SSSR count). The number of nitrogens with zero attached hydrogens (tertiary/aromatic N) is 1. The van der Waals surface area contributed by atoms with E-state index in [0.29, 0.717) is 5.69 Å². The topological polar surface area (TPSA) is 54.0 Å². The first kappa shape index (κ1) is 15.9. The van der Waals surface area contributed by atoms with E-state index in [1.807, 2.05) is 0 Å². The van der Waals surface area contributed by atoms with Crippen molar-refractivity contribution in [3.8, 4) is 0 Å². The number of aromatic nitrogens is 1. The minimum atomic E-state index is -0.821. The molecule has 116 valence electrons. The van der Waals surface area contributed by atoms with E-state index in [1.165, 1.54) is 12.3 Å². The van der Waals surface area contributed by atoms with Crippen LogP contribution in [0.5, 0.6) is 0 Å². The predicted octanol–water partition coefficient (Wildman–Crippen LogP) is 3.82. The number of rotatable bonds is 6. The molecule has 0 aliphatic rings. The summed E-state index contributed by atoms with van der Waals surface area (Å²) in [5.74, 6) is -2.26. The lowest BCUT2D eigenvalue weighted by atomic mass is 10.2. The summed E-state index contributed by atoms with van der Waals surface area (Å²) < 4.78 is 27.1. The van der Waals surface area contributed by atoms with E-state index in [9.17, 15) is 13.6 Å². The number of unbranched alkanes of at least 4 members (excludes halogenated alkanes) is 1. The number of carbonyl (C=O) groups excluding carboxylic acids is 1. The van der Waals surface area contributed by atoms with Crippen LogP contribution >= 0.6 is 0 Å². The molecule has 1 heterocycles. The number of hydrogen-bond donors (Lipinski definition) is 2. The minimum Gasteiger partial charge on any atom is -0.384 e. The molecular formula is C16H17F2N3O. The first-order chi connectivity index (χ1) is 10.6. The fraction of sp³-hybridized carbons (Fsp3) is 0.250. The molecule has 2 aromatic rings. The number of carbonyl (C=O) groups is 1. The Morgan fingerprint density at radius 3 is 2.64 bits per heavy atom. The van der Waals surface area contributed by atoms with Crippen molar-refractivity contribution in [2.75, 3.05) is 17.2 Å². The molecule has 2 N–H and O–H groups in total. The number of hydrogen-bond acceptors (Lipinski definition) is 3. The fourth-order valence-corrected chi connectivity index (χ4v) is 1.87. The zero-order valence-corrected chi connectivity index (χ0v) is 12.2. The zero-order chi connectivity index (χ0) is 15.9. The van der Waals surface area contributed by atoms with Crippen molar-refractivity contribution in [2.45, 2.75) is 19.8 Å². The standard InChI is InChI=1S/C16H17F2N3O/c1-2-3-7-20-12-8-11(9-19-10-12)16(22)21-15-13(17)5-4-6-14(15)18/h4-6,8-10,20H,2-3,7H2,1H3,(H,21,22). The fourth-order valence-electron chi connectivity index (χ4n) is 1.87. The summed E-state index contributed by atoms with van der Waals surface area (Å²) >= 11 is 0. The van der Waals surface area contributed by atoms with Crippen molar-refractivity contribution in [1.29, 1.82) is 0 Å². The van der Waals surface area contributed by atoms with Gasteiger partial charge in [0.25, 0.3) is 5.91 Å². The summed E-state index contributed by atoms with van der Waals surface area (Å²) in [4.78, 5) is 16.0. The van der Waals surface area contributed by atoms with Crippen LogP contribution in [-0.4, -0.2) is 17.4 Å². The van der Waals surface area contributed by atoms with Crippen molar-refractivity contribution < 1.29 is 13.6 Å². The van der Waals surface area contributed by atoms with Crippen LogP contribution in [0.1, 0.15) is 30.1 Å². The summed E-state index contributed by atoms with van der Waals surface area (Å²) in [5.41, 5.74) is 0.455. The van der Waals surface area contributed by atoms with Gasteiger partial charge in [0.2, 0.25) is 0 Å². The summed E-state index contributed by atoms with van der Waals surface area (Å²) in [6.07, 6.45) is 4.99. The molecule has 0 unspecified atom stereocenters. The molecule has 0 radical (unpaired) electrons. The first-order valence-electron chi connectivity index (χ1n) is 7.06. The number of benzene rings is 1. The van der Waals surface area contributed by atoms with E-state index in [1.54, 1.807) is 12.3 Å². The van der Waals surface area contributed by atoms with Crippen molar-refractivity contribution in [1.82, 2.24) is 4.98 Å². The predicted molar refractivity (Wildman–Crippen MR) is 81.9 cm³/mol. The van der Waals surface area contributed by atoms with Gasteiger partial charge in [0.15, 0.2) is 0 Å². The molecule has 4 nitrogen and oxygen atoms in total. The third-order valence-electron chi connectivity index (χ3n) is 3.06. The van der Waals surface area contributed by atoms with Crippen LogP contribution in [-0.2, 0) is 0 Å². The van der Waals surface area contributed by atoms with E-state index >= 15 is 0 Å². The van der Waals surface area contributed by atoms with Crippen LogP contribution in [0, 0.1) is 11.6 Å². The second kappa shape index (κ2) is 7.49. The molecule has 0 saturated heterocycles.